The predicted octanol–water partition coefficient (Wildman–Crippen LogP) is 4.37. The number of rotatable bonds is 3. The molecule has 0 unspecified atom stereocenters. The van der Waals surface area contributed by atoms with Gasteiger partial charge in [0.25, 0.3) is 0 Å². The molecule has 2 aromatic carbocycles. The molecule has 0 atom stereocenters. The van der Waals surface area contributed by atoms with Gasteiger partial charge in [-0.3, -0.25) is 0 Å². The number of benzene rings is 2. The number of aromatic hydroxyl groups is 1. The molecule has 0 radical (unpaired) electrons. The van der Waals surface area contributed by atoms with Gasteiger partial charge in [0.1, 0.15) is 29.4 Å². The van der Waals surface area contributed by atoms with Crippen LogP contribution >= 0.6 is 11.6 Å². The summed E-state index contributed by atoms with van der Waals surface area (Å²) in [6, 6.07) is 14.2. The van der Waals surface area contributed by atoms with E-state index >= 15 is 0 Å². The van der Waals surface area contributed by atoms with Crippen LogP contribution < -0.4 is 4.74 Å². The maximum absolute atomic E-state index is 9.38. The number of ether oxygens (including phenoxy) is 1. The van der Waals surface area contributed by atoms with Gasteiger partial charge < -0.3 is 14.3 Å². The number of para-hydroxylation sites is 1. The summed E-state index contributed by atoms with van der Waals surface area (Å²) >= 11 is 6.00. The first-order valence-electron chi connectivity index (χ1n) is 5.81. The molecule has 4 heteroatoms. The second-order valence-electron chi connectivity index (χ2n) is 4.15. The molecule has 0 bridgehead atoms. The Bertz CT molecular complexity index is 718. The van der Waals surface area contributed by atoms with E-state index in [4.69, 9.17) is 20.8 Å². The van der Waals surface area contributed by atoms with Crippen molar-refractivity contribution in [3.8, 4) is 11.5 Å². The van der Waals surface area contributed by atoms with E-state index in [9.17, 15) is 5.11 Å². The van der Waals surface area contributed by atoms with E-state index < -0.39 is 0 Å². The molecule has 3 aromatic rings. The Kier molecular flexibility index (Phi) is 3.05. The zero-order chi connectivity index (χ0) is 13.2. The molecular formula is C15H11ClO3. The Morgan fingerprint density at radius 3 is 2.79 bits per heavy atom. The molecule has 96 valence electrons. The molecule has 1 aromatic heterocycles. The summed E-state index contributed by atoms with van der Waals surface area (Å²) in [5, 5.41) is 10.9. The van der Waals surface area contributed by atoms with E-state index in [0.29, 0.717) is 28.7 Å². The lowest BCUT2D eigenvalue weighted by Crippen LogP contribution is -1.93. The first-order valence-corrected chi connectivity index (χ1v) is 6.19. The van der Waals surface area contributed by atoms with Crippen LogP contribution in [0.15, 0.2) is 52.9 Å². The number of hydrogen-bond donors (Lipinski definition) is 1. The van der Waals surface area contributed by atoms with Crippen molar-refractivity contribution in [2.75, 3.05) is 0 Å². The molecule has 0 amide bonds. The molecule has 0 fully saturated rings. The summed E-state index contributed by atoms with van der Waals surface area (Å²) in [7, 11) is 0. The Balaban J connectivity index is 1.80. The van der Waals surface area contributed by atoms with Crippen LogP contribution in [-0.2, 0) is 6.61 Å². The first-order chi connectivity index (χ1) is 9.22. The lowest BCUT2D eigenvalue weighted by atomic mass is 10.2. The lowest BCUT2D eigenvalue weighted by Gasteiger charge is -2.05. The van der Waals surface area contributed by atoms with Crippen LogP contribution in [0.25, 0.3) is 11.0 Å². The van der Waals surface area contributed by atoms with Crippen LogP contribution in [0.2, 0.25) is 5.02 Å². The smallest absolute Gasteiger partial charge is 0.146 e. The maximum Gasteiger partial charge on any atom is 0.146 e. The van der Waals surface area contributed by atoms with Crippen LogP contribution in [0.5, 0.6) is 11.5 Å². The van der Waals surface area contributed by atoms with Gasteiger partial charge in [0.05, 0.1) is 5.02 Å². The largest absolute Gasteiger partial charge is 0.508 e. The SMILES string of the molecule is Oc1ccc2cc(COc3ccccc3Cl)oc2c1. The van der Waals surface area contributed by atoms with Gasteiger partial charge in [-0.15, -0.1) is 0 Å². The molecule has 0 saturated heterocycles. The van der Waals surface area contributed by atoms with Gasteiger partial charge in [-0.1, -0.05) is 23.7 Å². The number of phenolic OH excluding ortho intramolecular Hbond substituents is 1. The van der Waals surface area contributed by atoms with E-state index in [1.807, 2.05) is 18.2 Å². The minimum Gasteiger partial charge on any atom is -0.508 e. The zero-order valence-electron chi connectivity index (χ0n) is 9.97. The summed E-state index contributed by atoms with van der Waals surface area (Å²) in [6.07, 6.45) is 0. The highest BCUT2D eigenvalue weighted by Crippen LogP contribution is 2.27. The summed E-state index contributed by atoms with van der Waals surface area (Å²) in [5.74, 6) is 1.48. The van der Waals surface area contributed by atoms with Crippen molar-refractivity contribution < 1.29 is 14.3 Å². The van der Waals surface area contributed by atoms with Crippen molar-refractivity contribution in [1.29, 1.82) is 0 Å². The monoisotopic (exact) mass is 274 g/mol. The molecule has 0 aliphatic carbocycles. The molecular weight excluding hydrogens is 264 g/mol. The molecule has 3 rings (SSSR count). The Hall–Kier alpha value is -2.13. The molecule has 1 N–H and O–H groups in total. The van der Waals surface area contributed by atoms with E-state index in [2.05, 4.69) is 0 Å². The van der Waals surface area contributed by atoms with Crippen molar-refractivity contribution in [2.24, 2.45) is 0 Å². The Morgan fingerprint density at radius 2 is 1.95 bits per heavy atom. The van der Waals surface area contributed by atoms with Gasteiger partial charge in [0.2, 0.25) is 0 Å². The zero-order valence-corrected chi connectivity index (χ0v) is 10.7. The van der Waals surface area contributed by atoms with Gasteiger partial charge in [-0.2, -0.15) is 0 Å². The first kappa shape index (κ1) is 11.9. The summed E-state index contributed by atoms with van der Waals surface area (Å²) < 4.78 is 11.2. The van der Waals surface area contributed by atoms with Gasteiger partial charge in [-0.25, -0.2) is 0 Å². The predicted molar refractivity (Wildman–Crippen MR) is 73.7 cm³/mol. The van der Waals surface area contributed by atoms with Crippen LogP contribution in [0.3, 0.4) is 0 Å². The molecule has 0 aliphatic heterocycles. The maximum atomic E-state index is 9.38. The normalized spacial score (nSPS) is 10.8. The third kappa shape index (κ3) is 2.51. The van der Waals surface area contributed by atoms with Crippen LogP contribution in [0.4, 0.5) is 0 Å². The fourth-order valence-electron chi connectivity index (χ4n) is 1.86. The average Bonchev–Trinajstić information content (AvgIpc) is 2.79. The number of fused-ring (bicyclic) bond motifs is 1. The number of hydrogen-bond acceptors (Lipinski definition) is 3. The third-order valence-corrected chi connectivity index (χ3v) is 3.07. The minimum absolute atomic E-state index is 0.181. The lowest BCUT2D eigenvalue weighted by molar-refractivity contribution is 0.274. The van der Waals surface area contributed by atoms with Crippen molar-refractivity contribution in [3.63, 3.8) is 0 Å². The second kappa shape index (κ2) is 4.86. The highest BCUT2D eigenvalue weighted by Gasteiger charge is 2.06. The summed E-state index contributed by atoms with van der Waals surface area (Å²) in [6.45, 7) is 0.291. The average molecular weight is 275 g/mol. The Morgan fingerprint density at radius 1 is 1.11 bits per heavy atom. The molecule has 19 heavy (non-hydrogen) atoms. The van der Waals surface area contributed by atoms with E-state index in [1.165, 1.54) is 0 Å². The number of halogens is 1. The summed E-state index contributed by atoms with van der Waals surface area (Å²) in [5.41, 5.74) is 0.637. The fourth-order valence-corrected chi connectivity index (χ4v) is 2.05. The molecule has 1 heterocycles. The highest BCUT2D eigenvalue weighted by molar-refractivity contribution is 6.32. The van der Waals surface area contributed by atoms with Crippen LogP contribution in [0, 0.1) is 0 Å². The second-order valence-corrected chi connectivity index (χ2v) is 4.56. The van der Waals surface area contributed by atoms with Crippen LogP contribution in [-0.4, -0.2) is 5.11 Å². The number of furan rings is 1. The molecule has 0 spiro atoms. The minimum atomic E-state index is 0.181. The fraction of sp³-hybridized carbons (Fsp3) is 0.0667. The van der Waals surface area contributed by atoms with Crippen LogP contribution in [0.1, 0.15) is 5.76 Å². The molecule has 0 saturated carbocycles. The quantitative estimate of drug-likeness (QED) is 0.771. The standard InChI is InChI=1S/C15H11ClO3/c16-13-3-1-2-4-14(13)18-9-12-7-10-5-6-11(17)8-15(10)19-12/h1-8,17H,9H2. The van der Waals surface area contributed by atoms with Crippen molar-refractivity contribution >= 4 is 22.6 Å². The number of phenols is 1. The van der Waals surface area contributed by atoms with Crippen molar-refractivity contribution in [1.82, 2.24) is 0 Å². The summed E-state index contributed by atoms with van der Waals surface area (Å²) in [4.78, 5) is 0. The van der Waals surface area contributed by atoms with Gasteiger partial charge in [-0.05, 0) is 30.3 Å². The van der Waals surface area contributed by atoms with Gasteiger partial charge in [0.15, 0.2) is 0 Å². The molecule has 0 aliphatic rings. The van der Waals surface area contributed by atoms with E-state index in [-0.39, 0.29) is 5.75 Å². The van der Waals surface area contributed by atoms with E-state index in [0.717, 1.165) is 5.39 Å². The van der Waals surface area contributed by atoms with Gasteiger partial charge >= 0.3 is 0 Å². The third-order valence-electron chi connectivity index (χ3n) is 2.76. The Labute approximate surface area is 115 Å². The van der Waals surface area contributed by atoms with Crippen molar-refractivity contribution in [3.05, 3.63) is 59.3 Å². The topological polar surface area (TPSA) is 42.6 Å². The van der Waals surface area contributed by atoms with Gasteiger partial charge in [0, 0.05) is 11.5 Å². The molecule has 3 nitrogen and oxygen atoms in total. The highest BCUT2D eigenvalue weighted by atomic mass is 35.5. The van der Waals surface area contributed by atoms with Crippen molar-refractivity contribution in [2.45, 2.75) is 6.61 Å². The van der Waals surface area contributed by atoms with E-state index in [1.54, 1.807) is 30.3 Å².